The van der Waals surface area contributed by atoms with Crippen LogP contribution >= 0.6 is 0 Å². The van der Waals surface area contributed by atoms with Gasteiger partial charge in [0.1, 0.15) is 0 Å². The summed E-state index contributed by atoms with van der Waals surface area (Å²) in [5, 5.41) is 0. The molecule has 1 saturated carbocycles. The zero-order chi connectivity index (χ0) is 17.8. The van der Waals surface area contributed by atoms with Crippen LogP contribution in [-0.4, -0.2) is 46.4 Å². The van der Waals surface area contributed by atoms with Crippen molar-refractivity contribution in [1.82, 2.24) is 14.8 Å². The molecule has 1 aromatic heterocycles. The van der Waals surface area contributed by atoms with Gasteiger partial charge in [0, 0.05) is 51.0 Å². The predicted octanol–water partition coefficient (Wildman–Crippen LogP) is 3.14. The van der Waals surface area contributed by atoms with Crippen molar-refractivity contribution in [2.45, 2.75) is 38.3 Å². The van der Waals surface area contributed by atoms with Crippen LogP contribution in [0.4, 0.5) is 0 Å². The van der Waals surface area contributed by atoms with Crippen molar-refractivity contribution >= 4 is 5.91 Å². The third kappa shape index (κ3) is 4.50. The fourth-order valence-electron chi connectivity index (χ4n) is 3.64. The number of pyridine rings is 1. The number of rotatable bonds is 8. The summed E-state index contributed by atoms with van der Waals surface area (Å²) in [6.07, 6.45) is 7.90. The number of benzene rings is 1. The van der Waals surface area contributed by atoms with Gasteiger partial charge in [0.25, 0.3) is 0 Å². The average molecular weight is 349 g/mol. The lowest BCUT2D eigenvalue weighted by Crippen LogP contribution is -2.61. The van der Waals surface area contributed by atoms with Crippen LogP contribution in [0.2, 0.25) is 0 Å². The van der Waals surface area contributed by atoms with Gasteiger partial charge in [-0.15, -0.1) is 0 Å². The van der Waals surface area contributed by atoms with Crippen molar-refractivity contribution < 1.29 is 4.79 Å². The molecule has 0 N–H and O–H groups in total. The number of hydrogen-bond acceptors (Lipinski definition) is 3. The van der Waals surface area contributed by atoms with Crippen LogP contribution in [0.1, 0.15) is 30.4 Å². The molecule has 0 spiro atoms. The normalized spacial score (nSPS) is 17.3. The summed E-state index contributed by atoms with van der Waals surface area (Å²) in [4.78, 5) is 21.2. The van der Waals surface area contributed by atoms with E-state index in [0.717, 1.165) is 32.0 Å². The molecule has 1 aliphatic heterocycles. The van der Waals surface area contributed by atoms with Crippen molar-refractivity contribution in [3.8, 4) is 0 Å². The molecule has 2 aromatic rings. The highest BCUT2D eigenvalue weighted by molar-refractivity contribution is 5.77. The first-order chi connectivity index (χ1) is 12.8. The Morgan fingerprint density at radius 2 is 1.77 bits per heavy atom. The number of carbonyl (C=O) groups is 1. The molecule has 136 valence electrons. The van der Waals surface area contributed by atoms with Crippen LogP contribution in [0.3, 0.4) is 0 Å². The van der Waals surface area contributed by atoms with Gasteiger partial charge >= 0.3 is 0 Å². The van der Waals surface area contributed by atoms with Gasteiger partial charge in [0.15, 0.2) is 0 Å². The van der Waals surface area contributed by atoms with E-state index in [1.54, 1.807) is 0 Å². The molecule has 1 amide bonds. The second kappa shape index (κ2) is 8.00. The molecule has 1 aromatic carbocycles. The van der Waals surface area contributed by atoms with Gasteiger partial charge in [-0.25, -0.2) is 0 Å². The van der Waals surface area contributed by atoms with E-state index in [2.05, 4.69) is 34.1 Å². The smallest absolute Gasteiger partial charge is 0.223 e. The summed E-state index contributed by atoms with van der Waals surface area (Å²) in [5.74, 6) is 1.15. The predicted molar refractivity (Wildman–Crippen MR) is 103 cm³/mol. The fourth-order valence-corrected chi connectivity index (χ4v) is 3.64. The largest absolute Gasteiger partial charge is 0.339 e. The van der Waals surface area contributed by atoms with Crippen LogP contribution in [0.25, 0.3) is 0 Å². The van der Waals surface area contributed by atoms with Crippen molar-refractivity contribution in [3.05, 3.63) is 66.0 Å². The van der Waals surface area contributed by atoms with Crippen LogP contribution < -0.4 is 0 Å². The van der Waals surface area contributed by atoms with Gasteiger partial charge in [-0.1, -0.05) is 30.3 Å². The highest BCUT2D eigenvalue weighted by atomic mass is 16.2. The zero-order valence-electron chi connectivity index (χ0n) is 15.3. The number of nitrogens with zero attached hydrogens (tertiary/aromatic N) is 3. The van der Waals surface area contributed by atoms with Crippen molar-refractivity contribution in [3.63, 3.8) is 0 Å². The molecule has 1 saturated heterocycles. The molecule has 2 heterocycles. The molecule has 2 fully saturated rings. The average Bonchev–Trinajstić information content (AvgIpc) is 3.44. The Balaban J connectivity index is 1.27. The molecule has 0 radical (unpaired) electrons. The van der Waals surface area contributed by atoms with Gasteiger partial charge < -0.3 is 4.90 Å². The SMILES string of the molecule is O=C(CCc1ccccc1)N1CC(N(Cc2ccncc2)CC2CC2)C1. The molecular formula is C22H27N3O. The standard InChI is InChI=1S/C22H27N3O/c26-22(9-8-18-4-2-1-3-5-18)25-16-21(17-25)24(14-19-6-7-19)15-20-10-12-23-13-11-20/h1-5,10-13,19,21H,6-9,14-17H2. The van der Waals surface area contributed by atoms with Crippen molar-refractivity contribution in [2.75, 3.05) is 19.6 Å². The monoisotopic (exact) mass is 349 g/mol. The Hall–Kier alpha value is -2.20. The summed E-state index contributed by atoms with van der Waals surface area (Å²) in [6, 6.07) is 15.0. The maximum Gasteiger partial charge on any atom is 0.223 e. The third-order valence-corrected chi connectivity index (χ3v) is 5.53. The van der Waals surface area contributed by atoms with Crippen molar-refractivity contribution in [2.24, 2.45) is 5.92 Å². The molecule has 4 heteroatoms. The number of hydrogen-bond donors (Lipinski definition) is 0. The highest BCUT2D eigenvalue weighted by Gasteiger charge is 2.36. The van der Waals surface area contributed by atoms with Crippen LogP contribution in [0.15, 0.2) is 54.9 Å². The van der Waals surface area contributed by atoms with E-state index >= 15 is 0 Å². The molecule has 26 heavy (non-hydrogen) atoms. The minimum atomic E-state index is 0.292. The summed E-state index contributed by atoms with van der Waals surface area (Å²) in [6.45, 7) is 3.89. The van der Waals surface area contributed by atoms with Gasteiger partial charge in [-0.05, 0) is 48.4 Å². The first kappa shape index (κ1) is 17.2. The number of likely N-dealkylation sites (tertiary alicyclic amines) is 1. The lowest BCUT2D eigenvalue weighted by Gasteiger charge is -2.45. The minimum absolute atomic E-state index is 0.292. The molecule has 0 atom stereocenters. The Kier molecular flexibility index (Phi) is 5.30. The topological polar surface area (TPSA) is 36.4 Å². The number of carbonyl (C=O) groups excluding carboxylic acids is 1. The van der Waals surface area contributed by atoms with E-state index in [1.165, 1.54) is 30.5 Å². The van der Waals surface area contributed by atoms with E-state index in [-0.39, 0.29) is 0 Å². The third-order valence-electron chi connectivity index (χ3n) is 5.53. The lowest BCUT2D eigenvalue weighted by atomic mass is 10.0. The fraction of sp³-hybridized carbons (Fsp3) is 0.455. The van der Waals surface area contributed by atoms with Gasteiger partial charge in [-0.3, -0.25) is 14.7 Å². The molecule has 0 unspecified atom stereocenters. The number of aromatic nitrogens is 1. The first-order valence-corrected chi connectivity index (χ1v) is 9.72. The summed E-state index contributed by atoms with van der Waals surface area (Å²) < 4.78 is 0. The van der Waals surface area contributed by atoms with E-state index < -0.39 is 0 Å². The first-order valence-electron chi connectivity index (χ1n) is 9.72. The minimum Gasteiger partial charge on any atom is -0.339 e. The number of aryl methyl sites for hydroxylation is 1. The second-order valence-electron chi connectivity index (χ2n) is 7.67. The van der Waals surface area contributed by atoms with Crippen LogP contribution in [-0.2, 0) is 17.8 Å². The Morgan fingerprint density at radius 1 is 1.04 bits per heavy atom. The highest BCUT2D eigenvalue weighted by Crippen LogP contribution is 2.32. The Morgan fingerprint density at radius 3 is 2.46 bits per heavy atom. The summed E-state index contributed by atoms with van der Waals surface area (Å²) in [7, 11) is 0. The maximum absolute atomic E-state index is 12.5. The van der Waals surface area contributed by atoms with Crippen molar-refractivity contribution in [1.29, 1.82) is 0 Å². The molecule has 2 aliphatic rings. The lowest BCUT2D eigenvalue weighted by molar-refractivity contribution is -0.138. The second-order valence-corrected chi connectivity index (χ2v) is 7.67. The van der Waals surface area contributed by atoms with Crippen LogP contribution in [0, 0.1) is 5.92 Å². The van der Waals surface area contributed by atoms with Gasteiger partial charge in [0.2, 0.25) is 5.91 Å². The Labute approximate surface area is 155 Å². The maximum atomic E-state index is 12.5. The van der Waals surface area contributed by atoms with E-state index in [9.17, 15) is 4.79 Å². The molecule has 0 bridgehead atoms. The van der Waals surface area contributed by atoms with Crippen LogP contribution in [0.5, 0.6) is 0 Å². The van der Waals surface area contributed by atoms with Gasteiger partial charge in [0.05, 0.1) is 0 Å². The molecule has 4 nitrogen and oxygen atoms in total. The summed E-state index contributed by atoms with van der Waals surface area (Å²) >= 11 is 0. The van der Waals surface area contributed by atoms with E-state index in [1.807, 2.05) is 35.5 Å². The molecular weight excluding hydrogens is 322 g/mol. The Bertz CT molecular complexity index is 709. The molecule has 4 rings (SSSR count). The van der Waals surface area contributed by atoms with E-state index in [4.69, 9.17) is 0 Å². The zero-order valence-corrected chi connectivity index (χ0v) is 15.3. The molecule has 1 aliphatic carbocycles. The van der Waals surface area contributed by atoms with Gasteiger partial charge in [-0.2, -0.15) is 0 Å². The number of amides is 1. The summed E-state index contributed by atoms with van der Waals surface area (Å²) in [5.41, 5.74) is 2.56. The quantitative estimate of drug-likeness (QED) is 0.735. The van der Waals surface area contributed by atoms with E-state index in [0.29, 0.717) is 18.4 Å².